The summed E-state index contributed by atoms with van der Waals surface area (Å²) in [6, 6.07) is 0. The van der Waals surface area contributed by atoms with Crippen molar-refractivity contribution in [3.63, 3.8) is 0 Å². The second-order valence-electron chi connectivity index (χ2n) is 4.45. The standard InChI is InChI=1S/C14H16ClN5O2/c1-9-13(21)14(18-8-17-9)22-12-5-3-4-10(6-11(12)15)20(2)19-7-16/h3-4,6-8,21H,5H2,1-2H3,(H2,16,19). The molecular weight excluding hydrogens is 306 g/mol. The van der Waals surface area contributed by atoms with Gasteiger partial charge in [0.15, 0.2) is 0 Å². The van der Waals surface area contributed by atoms with E-state index >= 15 is 0 Å². The molecule has 0 unspecified atom stereocenters. The van der Waals surface area contributed by atoms with E-state index < -0.39 is 0 Å². The van der Waals surface area contributed by atoms with E-state index in [1.807, 2.05) is 12.2 Å². The number of nitrogens with zero attached hydrogens (tertiary/aromatic N) is 4. The van der Waals surface area contributed by atoms with Crippen LogP contribution in [0.4, 0.5) is 0 Å². The number of aromatic nitrogens is 2. The molecule has 0 saturated heterocycles. The van der Waals surface area contributed by atoms with Crippen molar-refractivity contribution in [1.82, 2.24) is 15.0 Å². The van der Waals surface area contributed by atoms with Crippen molar-refractivity contribution >= 4 is 17.9 Å². The average molecular weight is 322 g/mol. The first-order valence-electron chi connectivity index (χ1n) is 6.46. The van der Waals surface area contributed by atoms with Gasteiger partial charge in [-0.3, -0.25) is 5.01 Å². The van der Waals surface area contributed by atoms with Crippen LogP contribution in [0.5, 0.6) is 11.6 Å². The lowest BCUT2D eigenvalue weighted by molar-refractivity contribution is 0.356. The van der Waals surface area contributed by atoms with Crippen molar-refractivity contribution in [2.75, 3.05) is 7.05 Å². The molecule has 0 fully saturated rings. The summed E-state index contributed by atoms with van der Waals surface area (Å²) in [6.07, 6.45) is 8.35. The lowest BCUT2D eigenvalue weighted by Crippen LogP contribution is -2.10. The monoisotopic (exact) mass is 321 g/mol. The van der Waals surface area contributed by atoms with Crippen molar-refractivity contribution in [3.8, 4) is 11.6 Å². The number of hydrazone groups is 1. The topological polar surface area (TPSA) is 96.9 Å². The van der Waals surface area contributed by atoms with E-state index in [0.29, 0.717) is 22.9 Å². The van der Waals surface area contributed by atoms with E-state index in [0.717, 1.165) is 5.70 Å². The number of ether oxygens (including phenoxy) is 1. The van der Waals surface area contributed by atoms with Crippen molar-refractivity contribution < 1.29 is 9.84 Å². The second kappa shape index (κ2) is 6.95. The van der Waals surface area contributed by atoms with E-state index in [1.54, 1.807) is 25.1 Å². The van der Waals surface area contributed by atoms with Crippen LogP contribution in [-0.4, -0.2) is 33.5 Å². The summed E-state index contributed by atoms with van der Waals surface area (Å²) < 4.78 is 5.62. The molecular formula is C14H16ClN5O2. The van der Waals surface area contributed by atoms with Gasteiger partial charge in [-0.1, -0.05) is 17.7 Å². The molecule has 0 spiro atoms. The summed E-state index contributed by atoms with van der Waals surface area (Å²) in [6.45, 7) is 1.66. The molecule has 2 rings (SSSR count). The predicted octanol–water partition coefficient (Wildman–Crippen LogP) is 2.00. The third-order valence-electron chi connectivity index (χ3n) is 2.94. The Hall–Kier alpha value is -2.54. The lowest BCUT2D eigenvalue weighted by atomic mass is 10.3. The molecule has 0 saturated carbocycles. The summed E-state index contributed by atoms with van der Waals surface area (Å²) in [4.78, 5) is 7.79. The Morgan fingerprint density at radius 1 is 1.50 bits per heavy atom. The maximum atomic E-state index is 9.90. The number of likely N-dealkylation sites (N-methyl/N-ethyl adjacent to an activating group) is 1. The van der Waals surface area contributed by atoms with Gasteiger partial charge in [0.1, 0.15) is 18.4 Å². The molecule has 0 atom stereocenters. The summed E-state index contributed by atoms with van der Waals surface area (Å²) in [7, 11) is 1.75. The number of rotatable bonds is 4. The average Bonchev–Trinajstić information content (AvgIpc) is 2.66. The van der Waals surface area contributed by atoms with Gasteiger partial charge >= 0.3 is 0 Å². The zero-order valence-electron chi connectivity index (χ0n) is 12.2. The number of nitrogens with two attached hydrogens (primary N) is 1. The quantitative estimate of drug-likeness (QED) is 0.500. The van der Waals surface area contributed by atoms with Gasteiger partial charge < -0.3 is 15.6 Å². The van der Waals surface area contributed by atoms with Crippen LogP contribution in [0.1, 0.15) is 12.1 Å². The van der Waals surface area contributed by atoms with Crippen LogP contribution < -0.4 is 10.5 Å². The van der Waals surface area contributed by atoms with Crippen molar-refractivity contribution in [1.29, 1.82) is 0 Å². The zero-order valence-corrected chi connectivity index (χ0v) is 12.9. The molecule has 7 nitrogen and oxygen atoms in total. The molecule has 116 valence electrons. The van der Waals surface area contributed by atoms with Gasteiger partial charge in [0.2, 0.25) is 5.75 Å². The summed E-state index contributed by atoms with van der Waals surface area (Å²) in [5.41, 5.74) is 6.45. The first-order chi connectivity index (χ1) is 10.5. The lowest BCUT2D eigenvalue weighted by Gasteiger charge is -2.12. The first kappa shape index (κ1) is 15.8. The number of aryl methyl sites for hydroxylation is 1. The number of allylic oxidation sites excluding steroid dienone is 4. The van der Waals surface area contributed by atoms with E-state index in [4.69, 9.17) is 22.1 Å². The fourth-order valence-corrected chi connectivity index (χ4v) is 1.96. The smallest absolute Gasteiger partial charge is 0.265 e. The molecule has 3 N–H and O–H groups in total. The Morgan fingerprint density at radius 2 is 2.27 bits per heavy atom. The molecule has 1 aromatic rings. The Bertz CT molecular complexity index is 682. The first-order valence-corrected chi connectivity index (χ1v) is 6.84. The van der Waals surface area contributed by atoms with Gasteiger partial charge in [-0.15, -0.1) is 0 Å². The molecule has 0 aliphatic heterocycles. The van der Waals surface area contributed by atoms with E-state index in [1.165, 1.54) is 12.7 Å². The van der Waals surface area contributed by atoms with Crippen LogP contribution in [0.3, 0.4) is 0 Å². The number of hydrogen-bond donors (Lipinski definition) is 2. The molecule has 0 amide bonds. The molecule has 1 aliphatic rings. The van der Waals surface area contributed by atoms with E-state index in [-0.39, 0.29) is 11.6 Å². The predicted molar refractivity (Wildman–Crippen MR) is 84.2 cm³/mol. The Balaban J connectivity index is 2.29. The number of aromatic hydroxyl groups is 1. The Morgan fingerprint density at radius 3 is 3.00 bits per heavy atom. The number of halogens is 1. The van der Waals surface area contributed by atoms with Crippen molar-refractivity contribution in [2.45, 2.75) is 13.3 Å². The van der Waals surface area contributed by atoms with Gasteiger partial charge in [0.25, 0.3) is 5.88 Å². The van der Waals surface area contributed by atoms with Gasteiger partial charge in [-0.25, -0.2) is 4.98 Å². The Kier molecular flexibility index (Phi) is 5.00. The summed E-state index contributed by atoms with van der Waals surface area (Å²) >= 11 is 6.27. The normalized spacial score (nSPS) is 15.0. The van der Waals surface area contributed by atoms with Crippen LogP contribution in [0, 0.1) is 6.92 Å². The van der Waals surface area contributed by atoms with Gasteiger partial charge in [0.05, 0.1) is 16.4 Å². The van der Waals surface area contributed by atoms with Gasteiger partial charge in [0, 0.05) is 13.5 Å². The molecule has 22 heavy (non-hydrogen) atoms. The molecule has 1 aliphatic carbocycles. The van der Waals surface area contributed by atoms with E-state index in [9.17, 15) is 5.11 Å². The Labute approximate surface area is 133 Å². The van der Waals surface area contributed by atoms with Gasteiger partial charge in [-0.2, -0.15) is 10.1 Å². The van der Waals surface area contributed by atoms with Gasteiger partial charge in [-0.05, 0) is 19.1 Å². The third-order valence-corrected chi connectivity index (χ3v) is 3.26. The third kappa shape index (κ3) is 3.56. The highest BCUT2D eigenvalue weighted by atomic mass is 35.5. The molecule has 1 aromatic heterocycles. The van der Waals surface area contributed by atoms with Crippen LogP contribution >= 0.6 is 11.6 Å². The highest BCUT2D eigenvalue weighted by molar-refractivity contribution is 6.31. The summed E-state index contributed by atoms with van der Waals surface area (Å²) in [5.74, 6) is 0.424. The van der Waals surface area contributed by atoms with Crippen molar-refractivity contribution in [3.05, 3.63) is 46.7 Å². The van der Waals surface area contributed by atoms with Crippen LogP contribution in [0.25, 0.3) is 0 Å². The number of hydrogen-bond acceptors (Lipinski definition) is 6. The second-order valence-corrected chi connectivity index (χ2v) is 4.86. The minimum absolute atomic E-state index is 0.0687. The summed E-state index contributed by atoms with van der Waals surface area (Å²) in [5, 5.41) is 15.8. The minimum Gasteiger partial charge on any atom is -0.502 e. The van der Waals surface area contributed by atoms with E-state index in [2.05, 4.69) is 15.1 Å². The largest absolute Gasteiger partial charge is 0.502 e. The van der Waals surface area contributed by atoms with Crippen LogP contribution in [0.15, 0.2) is 46.1 Å². The fourth-order valence-electron chi connectivity index (χ4n) is 1.74. The highest BCUT2D eigenvalue weighted by Gasteiger charge is 2.15. The van der Waals surface area contributed by atoms with Crippen LogP contribution in [0.2, 0.25) is 0 Å². The molecule has 0 radical (unpaired) electrons. The molecule has 1 heterocycles. The van der Waals surface area contributed by atoms with Crippen LogP contribution in [-0.2, 0) is 0 Å². The molecule has 8 heteroatoms. The molecule has 0 aromatic carbocycles. The zero-order chi connectivity index (χ0) is 16.1. The van der Waals surface area contributed by atoms with Crippen molar-refractivity contribution in [2.24, 2.45) is 10.8 Å². The maximum Gasteiger partial charge on any atom is 0.265 e. The molecule has 0 bridgehead atoms. The highest BCUT2D eigenvalue weighted by Crippen LogP contribution is 2.30. The maximum absolute atomic E-state index is 9.90. The SMILES string of the molecule is Cc1ncnc(OC2=C(Cl)C=C(N(C)/N=C\N)C=CC2)c1O. The minimum atomic E-state index is -0.109. The fraction of sp³-hybridized carbons (Fsp3) is 0.214.